The number of amides is 2. The zero-order valence-electron chi connectivity index (χ0n) is 20.1. The smallest absolute Gasteiger partial charge is 0.275 e. The van der Waals surface area contributed by atoms with E-state index in [-0.39, 0.29) is 17.5 Å². The van der Waals surface area contributed by atoms with Crippen molar-refractivity contribution in [2.24, 2.45) is 0 Å². The highest BCUT2D eigenvalue weighted by molar-refractivity contribution is 6.06. The van der Waals surface area contributed by atoms with Crippen LogP contribution < -0.4 is 24.8 Å². The minimum absolute atomic E-state index is 0.250. The zero-order chi connectivity index (χ0) is 25.5. The lowest BCUT2D eigenvalue weighted by Gasteiger charge is -2.10. The van der Waals surface area contributed by atoms with Crippen molar-refractivity contribution in [2.75, 3.05) is 32.0 Å². The van der Waals surface area contributed by atoms with Crippen LogP contribution in [0.15, 0.2) is 79.3 Å². The lowest BCUT2D eigenvalue weighted by atomic mass is 10.1. The van der Waals surface area contributed by atoms with E-state index in [2.05, 4.69) is 15.6 Å². The van der Waals surface area contributed by atoms with Crippen molar-refractivity contribution >= 4 is 23.2 Å². The summed E-state index contributed by atoms with van der Waals surface area (Å²) in [5.41, 5.74) is 2.95. The van der Waals surface area contributed by atoms with E-state index >= 15 is 0 Å². The third-order valence-electron chi connectivity index (χ3n) is 5.44. The molecule has 36 heavy (non-hydrogen) atoms. The molecule has 0 spiro atoms. The van der Waals surface area contributed by atoms with Gasteiger partial charge in [-0.2, -0.15) is 0 Å². The normalized spacial score (nSPS) is 10.4. The summed E-state index contributed by atoms with van der Waals surface area (Å²) in [6, 6.07) is 19.6. The molecule has 0 atom stereocenters. The Bertz CT molecular complexity index is 1360. The number of nitrogens with one attached hydrogen (secondary N) is 2. The molecule has 0 aliphatic rings. The highest BCUT2D eigenvalue weighted by Crippen LogP contribution is 2.30. The quantitative estimate of drug-likeness (QED) is 0.362. The Balaban J connectivity index is 1.37. The van der Waals surface area contributed by atoms with Crippen LogP contribution in [0.3, 0.4) is 0 Å². The van der Waals surface area contributed by atoms with Crippen LogP contribution in [-0.4, -0.2) is 42.7 Å². The van der Waals surface area contributed by atoms with Crippen LogP contribution in [0.1, 0.15) is 26.4 Å². The molecule has 0 saturated heterocycles. The van der Waals surface area contributed by atoms with Crippen molar-refractivity contribution in [3.05, 3.63) is 96.1 Å². The second-order valence-corrected chi connectivity index (χ2v) is 7.81. The third-order valence-corrected chi connectivity index (χ3v) is 5.44. The molecule has 0 unspecified atom stereocenters. The molecule has 184 valence electrons. The van der Waals surface area contributed by atoms with Gasteiger partial charge in [0.15, 0.2) is 11.5 Å². The van der Waals surface area contributed by atoms with Crippen molar-refractivity contribution < 1.29 is 23.8 Å². The van der Waals surface area contributed by atoms with E-state index in [1.807, 2.05) is 34.9 Å². The number of nitrogens with zero attached hydrogens (tertiary/aromatic N) is 2. The van der Waals surface area contributed by atoms with Crippen molar-refractivity contribution in [2.45, 2.75) is 6.54 Å². The van der Waals surface area contributed by atoms with Gasteiger partial charge in [0.05, 0.1) is 33.2 Å². The fourth-order valence-electron chi connectivity index (χ4n) is 3.61. The van der Waals surface area contributed by atoms with Gasteiger partial charge in [-0.1, -0.05) is 24.3 Å². The molecule has 0 fully saturated rings. The van der Waals surface area contributed by atoms with Crippen LogP contribution in [0.2, 0.25) is 0 Å². The molecule has 1 heterocycles. The van der Waals surface area contributed by atoms with Gasteiger partial charge in [-0.25, -0.2) is 4.98 Å². The second kappa shape index (κ2) is 11.1. The average Bonchev–Trinajstić information content (AvgIpc) is 3.38. The van der Waals surface area contributed by atoms with E-state index in [4.69, 9.17) is 14.2 Å². The lowest BCUT2D eigenvalue weighted by Crippen LogP contribution is -2.13. The predicted molar refractivity (Wildman–Crippen MR) is 136 cm³/mol. The highest BCUT2D eigenvalue weighted by atomic mass is 16.5. The first-order valence-electron chi connectivity index (χ1n) is 11.1. The summed E-state index contributed by atoms with van der Waals surface area (Å²) in [6.07, 6.45) is 3.27. The lowest BCUT2D eigenvalue weighted by molar-refractivity contribution is 0.101. The van der Waals surface area contributed by atoms with E-state index in [1.165, 1.54) is 14.2 Å². The van der Waals surface area contributed by atoms with Crippen LogP contribution in [0.25, 0.3) is 0 Å². The maximum absolute atomic E-state index is 12.6. The minimum Gasteiger partial charge on any atom is -0.496 e. The number of anilines is 2. The third kappa shape index (κ3) is 5.64. The summed E-state index contributed by atoms with van der Waals surface area (Å²) >= 11 is 0. The van der Waals surface area contributed by atoms with Crippen LogP contribution in [0.5, 0.6) is 17.2 Å². The van der Waals surface area contributed by atoms with Crippen LogP contribution >= 0.6 is 0 Å². The Morgan fingerprint density at radius 3 is 2.17 bits per heavy atom. The molecule has 3 aromatic carbocycles. The Hall–Kier alpha value is -4.79. The monoisotopic (exact) mass is 486 g/mol. The van der Waals surface area contributed by atoms with Gasteiger partial charge in [-0.15, -0.1) is 0 Å². The van der Waals surface area contributed by atoms with E-state index < -0.39 is 0 Å². The fourth-order valence-corrected chi connectivity index (χ4v) is 3.61. The molecular formula is C27H26N4O5. The number of ether oxygens (including phenoxy) is 3. The summed E-state index contributed by atoms with van der Waals surface area (Å²) < 4.78 is 17.6. The molecule has 9 nitrogen and oxygen atoms in total. The van der Waals surface area contributed by atoms with E-state index in [1.54, 1.807) is 56.0 Å². The number of hydrogen-bond acceptors (Lipinski definition) is 6. The van der Waals surface area contributed by atoms with Gasteiger partial charge >= 0.3 is 0 Å². The SMILES string of the molecule is COc1ccc(NC(=O)c2cn(Cc3ccc(NC(=O)c4ccccc4OC)cc3)cn2)cc1OC. The summed E-state index contributed by atoms with van der Waals surface area (Å²) in [5.74, 6) is 1.02. The number of methoxy groups -OCH3 is 3. The summed E-state index contributed by atoms with van der Waals surface area (Å²) in [6.45, 7) is 0.511. The Morgan fingerprint density at radius 2 is 1.44 bits per heavy atom. The van der Waals surface area contributed by atoms with Crippen LogP contribution in [0, 0.1) is 0 Å². The number of para-hydroxylation sites is 1. The molecule has 0 bridgehead atoms. The summed E-state index contributed by atoms with van der Waals surface area (Å²) in [4.78, 5) is 29.4. The molecule has 1 aromatic heterocycles. The standard InChI is InChI=1S/C27H26N4O5/c1-34-23-7-5-4-6-21(23)26(32)29-19-10-8-18(9-11-19)15-31-16-22(28-17-31)27(33)30-20-12-13-24(35-2)25(14-20)36-3/h4-14,16-17H,15H2,1-3H3,(H,29,32)(H,30,33). The summed E-state index contributed by atoms with van der Waals surface area (Å²) in [5, 5.41) is 5.68. The molecule has 9 heteroatoms. The zero-order valence-corrected chi connectivity index (χ0v) is 20.1. The molecule has 2 amide bonds. The first-order valence-corrected chi connectivity index (χ1v) is 11.1. The van der Waals surface area contributed by atoms with Gasteiger partial charge in [0.25, 0.3) is 11.8 Å². The number of carbonyl (C=O) groups excluding carboxylic acids is 2. The Morgan fingerprint density at radius 1 is 0.778 bits per heavy atom. The average molecular weight is 487 g/mol. The highest BCUT2D eigenvalue weighted by Gasteiger charge is 2.13. The van der Waals surface area contributed by atoms with Crippen molar-refractivity contribution in [1.29, 1.82) is 0 Å². The largest absolute Gasteiger partial charge is 0.496 e. The molecular weight excluding hydrogens is 460 g/mol. The number of rotatable bonds is 9. The van der Waals surface area contributed by atoms with Gasteiger partial charge in [0, 0.05) is 30.2 Å². The van der Waals surface area contributed by atoms with Crippen LogP contribution in [0.4, 0.5) is 11.4 Å². The molecule has 4 aromatic rings. The second-order valence-electron chi connectivity index (χ2n) is 7.81. The maximum Gasteiger partial charge on any atom is 0.275 e. The first kappa shape index (κ1) is 24.3. The van der Waals surface area contributed by atoms with Gasteiger partial charge < -0.3 is 29.4 Å². The number of carbonyl (C=O) groups is 2. The number of benzene rings is 3. The first-order chi connectivity index (χ1) is 17.5. The van der Waals surface area contributed by atoms with E-state index in [0.29, 0.717) is 40.7 Å². The van der Waals surface area contributed by atoms with Gasteiger partial charge in [-0.3, -0.25) is 9.59 Å². The number of hydrogen-bond donors (Lipinski definition) is 2. The predicted octanol–water partition coefficient (Wildman–Crippen LogP) is 4.46. The van der Waals surface area contributed by atoms with E-state index in [9.17, 15) is 9.59 Å². The van der Waals surface area contributed by atoms with E-state index in [0.717, 1.165) is 5.56 Å². The number of aromatic nitrogens is 2. The topological polar surface area (TPSA) is 104 Å². The molecule has 0 aliphatic heterocycles. The molecule has 0 saturated carbocycles. The van der Waals surface area contributed by atoms with Crippen molar-refractivity contribution in [3.63, 3.8) is 0 Å². The summed E-state index contributed by atoms with van der Waals surface area (Å²) in [7, 11) is 4.61. The molecule has 2 N–H and O–H groups in total. The van der Waals surface area contributed by atoms with Crippen LogP contribution in [-0.2, 0) is 6.54 Å². The molecule has 0 aliphatic carbocycles. The number of imidazole rings is 1. The molecule has 0 radical (unpaired) electrons. The van der Waals surface area contributed by atoms with Crippen molar-refractivity contribution in [1.82, 2.24) is 9.55 Å². The molecule has 4 rings (SSSR count). The maximum atomic E-state index is 12.6. The van der Waals surface area contributed by atoms with Gasteiger partial charge in [0.1, 0.15) is 11.4 Å². The fraction of sp³-hybridized carbons (Fsp3) is 0.148. The Labute approximate surface area is 208 Å². The minimum atomic E-state index is -0.338. The Kier molecular flexibility index (Phi) is 7.50. The van der Waals surface area contributed by atoms with Gasteiger partial charge in [-0.05, 0) is 42.0 Å². The van der Waals surface area contributed by atoms with Gasteiger partial charge in [0.2, 0.25) is 0 Å². The van der Waals surface area contributed by atoms with Crippen molar-refractivity contribution in [3.8, 4) is 17.2 Å².